The molecule has 0 aromatic heterocycles. The van der Waals surface area contributed by atoms with Gasteiger partial charge in [0.05, 0.1) is 18.1 Å². The van der Waals surface area contributed by atoms with Crippen molar-refractivity contribution in [2.24, 2.45) is 17.8 Å². The van der Waals surface area contributed by atoms with E-state index in [9.17, 15) is 24.2 Å². The first-order valence-electron chi connectivity index (χ1n) is 10.4. The Balaban J connectivity index is 1.92. The predicted octanol–water partition coefficient (Wildman–Crippen LogP) is 3.57. The smallest absolute Gasteiger partial charge is 0.307 e. The van der Waals surface area contributed by atoms with E-state index < -0.39 is 30.1 Å². The molecule has 0 bridgehead atoms. The monoisotopic (exact) mass is 400 g/mol. The van der Waals surface area contributed by atoms with Crippen molar-refractivity contribution in [2.75, 3.05) is 0 Å². The van der Waals surface area contributed by atoms with Crippen molar-refractivity contribution in [1.82, 2.24) is 0 Å². The summed E-state index contributed by atoms with van der Waals surface area (Å²) in [5.74, 6) is -2.51. The van der Waals surface area contributed by atoms with E-state index in [1.54, 1.807) is 6.08 Å². The molecule has 1 saturated heterocycles. The van der Waals surface area contributed by atoms with Crippen LogP contribution in [0.5, 0.6) is 0 Å². The Morgan fingerprint density at radius 3 is 2.61 bits per heavy atom. The van der Waals surface area contributed by atoms with Crippen LogP contribution in [0, 0.1) is 17.8 Å². The van der Waals surface area contributed by atoms with Crippen LogP contribution in [0.1, 0.15) is 64.7 Å². The zero-order chi connectivity index (χ0) is 20.7. The van der Waals surface area contributed by atoms with Gasteiger partial charge in [0.25, 0.3) is 0 Å². The van der Waals surface area contributed by atoms with Crippen molar-refractivity contribution >= 4 is 11.9 Å². The minimum Gasteiger partial charge on any atom is -0.481 e. The summed E-state index contributed by atoms with van der Waals surface area (Å²) in [6.45, 7) is 1.96. The van der Waals surface area contributed by atoms with Crippen molar-refractivity contribution in [3.63, 3.8) is 0 Å². The van der Waals surface area contributed by atoms with Gasteiger partial charge in [-0.2, -0.15) is 0 Å². The maximum atomic E-state index is 14.0. The maximum absolute atomic E-state index is 14.0. The molecule has 1 heterocycles. The third-order valence-corrected chi connectivity index (χ3v) is 6.04. The van der Waals surface area contributed by atoms with Gasteiger partial charge in [0.2, 0.25) is 0 Å². The van der Waals surface area contributed by atoms with Crippen LogP contribution >= 0.6 is 0 Å². The molecular formula is C21H33FO6. The van der Waals surface area contributed by atoms with Gasteiger partial charge < -0.3 is 20.1 Å². The number of unbranched alkanes of at least 4 members (excludes halogenated alkanes) is 2. The third-order valence-electron chi connectivity index (χ3n) is 6.04. The van der Waals surface area contributed by atoms with Gasteiger partial charge >= 0.3 is 11.9 Å². The molecule has 160 valence electrons. The number of rotatable bonds is 12. The average molecular weight is 400 g/mol. The minimum absolute atomic E-state index is 0.0119. The van der Waals surface area contributed by atoms with Gasteiger partial charge in [0, 0.05) is 6.42 Å². The first-order valence-corrected chi connectivity index (χ1v) is 10.4. The summed E-state index contributed by atoms with van der Waals surface area (Å²) in [7, 11) is 0. The highest BCUT2D eigenvalue weighted by atomic mass is 19.1. The molecule has 7 atom stereocenters. The molecule has 1 saturated carbocycles. The normalized spacial score (nSPS) is 31.8. The second-order valence-corrected chi connectivity index (χ2v) is 8.13. The molecule has 0 aromatic carbocycles. The fourth-order valence-corrected chi connectivity index (χ4v) is 4.51. The number of ether oxygens (including phenoxy) is 1. The summed E-state index contributed by atoms with van der Waals surface area (Å²) < 4.78 is 20.0. The van der Waals surface area contributed by atoms with Crippen LogP contribution in [0.25, 0.3) is 0 Å². The van der Waals surface area contributed by atoms with Crippen LogP contribution in [-0.2, 0) is 14.3 Å². The maximum Gasteiger partial charge on any atom is 0.307 e. The summed E-state index contributed by atoms with van der Waals surface area (Å²) in [6.07, 6.45) is 5.70. The number of aliphatic carboxylic acids is 2. The molecule has 2 rings (SSSR count). The van der Waals surface area contributed by atoms with Crippen molar-refractivity contribution in [1.29, 1.82) is 0 Å². The number of halogens is 1. The van der Waals surface area contributed by atoms with E-state index in [0.29, 0.717) is 25.7 Å². The summed E-state index contributed by atoms with van der Waals surface area (Å²) in [4.78, 5) is 22.2. The largest absolute Gasteiger partial charge is 0.481 e. The number of alkyl halides is 1. The summed E-state index contributed by atoms with van der Waals surface area (Å²) in [6, 6.07) is 0. The van der Waals surface area contributed by atoms with E-state index in [4.69, 9.17) is 9.84 Å². The molecule has 0 spiro atoms. The second-order valence-electron chi connectivity index (χ2n) is 8.13. The number of carboxylic acid groups (broad SMARTS) is 2. The van der Waals surface area contributed by atoms with Gasteiger partial charge in [-0.05, 0) is 43.9 Å². The summed E-state index contributed by atoms with van der Waals surface area (Å²) in [5.41, 5.74) is 0. The quantitative estimate of drug-likeness (QED) is 0.342. The lowest BCUT2D eigenvalue weighted by Crippen LogP contribution is -2.24. The highest BCUT2D eigenvalue weighted by Gasteiger charge is 2.50. The number of carbonyl (C=O) groups is 2. The molecule has 0 aromatic rings. The second kappa shape index (κ2) is 10.9. The van der Waals surface area contributed by atoms with Gasteiger partial charge in [0.1, 0.15) is 12.3 Å². The summed E-state index contributed by atoms with van der Waals surface area (Å²) >= 11 is 0. The van der Waals surface area contributed by atoms with E-state index in [1.807, 2.05) is 6.92 Å². The number of aliphatic hydroxyl groups is 1. The number of carboxylic acids is 2. The third kappa shape index (κ3) is 6.27. The number of fused-ring (bicyclic) bond motifs is 1. The molecule has 0 amide bonds. The van der Waals surface area contributed by atoms with Crippen LogP contribution in [0.15, 0.2) is 12.2 Å². The van der Waals surface area contributed by atoms with Gasteiger partial charge in [-0.15, -0.1) is 0 Å². The van der Waals surface area contributed by atoms with Gasteiger partial charge in [0.15, 0.2) is 0 Å². The van der Waals surface area contributed by atoms with Gasteiger partial charge in [-0.3, -0.25) is 9.59 Å². The topological polar surface area (TPSA) is 104 Å². The van der Waals surface area contributed by atoms with E-state index in [2.05, 4.69) is 0 Å². The Morgan fingerprint density at radius 1 is 1.21 bits per heavy atom. The molecule has 1 aliphatic carbocycles. The average Bonchev–Trinajstić information content (AvgIpc) is 3.18. The zero-order valence-electron chi connectivity index (χ0n) is 16.5. The summed E-state index contributed by atoms with van der Waals surface area (Å²) in [5, 5.41) is 28.3. The van der Waals surface area contributed by atoms with Gasteiger partial charge in [-0.1, -0.05) is 38.3 Å². The lowest BCUT2D eigenvalue weighted by molar-refractivity contribution is -0.143. The predicted molar refractivity (Wildman–Crippen MR) is 102 cm³/mol. The highest BCUT2D eigenvalue weighted by Crippen LogP contribution is 2.48. The molecule has 28 heavy (non-hydrogen) atoms. The van der Waals surface area contributed by atoms with Crippen molar-refractivity contribution < 1.29 is 34.0 Å². The Morgan fingerprint density at radius 2 is 1.96 bits per heavy atom. The Kier molecular flexibility index (Phi) is 8.89. The molecule has 2 fully saturated rings. The highest BCUT2D eigenvalue weighted by molar-refractivity contribution is 5.71. The lowest BCUT2D eigenvalue weighted by atomic mass is 9.85. The van der Waals surface area contributed by atoms with E-state index in [-0.39, 0.29) is 30.5 Å². The van der Waals surface area contributed by atoms with Crippen LogP contribution in [0.2, 0.25) is 0 Å². The standard InChI is InChI=1S/C21H33FO6/c1-2-3-7-17(22)18(23)10-9-14-15-11-13(6-4-5-8-20(24)25)28-19(15)12-16(14)21(26)27/h9-10,13-19,23H,2-8,11-12H2,1H3,(H,24,25)(H,26,27)/t13-,14-,15+,16+,17?,18+,19-/m0/s1. The molecule has 1 unspecified atom stereocenters. The first kappa shape index (κ1) is 22.8. The van der Waals surface area contributed by atoms with Crippen molar-refractivity contribution in [2.45, 2.75) is 89.2 Å². The number of hydrogen-bond donors (Lipinski definition) is 3. The Bertz CT molecular complexity index is 551. The Labute approximate surface area is 165 Å². The SMILES string of the molecule is CCCCC(F)[C@H](O)C=C[C@H]1[C@H]2C[C@H](CCCCC(=O)O)O[C@H]2C[C@H]1C(=O)O. The van der Waals surface area contributed by atoms with Crippen molar-refractivity contribution in [3.8, 4) is 0 Å². The number of aliphatic hydroxyl groups excluding tert-OH is 1. The van der Waals surface area contributed by atoms with Crippen LogP contribution < -0.4 is 0 Å². The molecule has 6 nitrogen and oxygen atoms in total. The molecule has 1 aliphatic heterocycles. The molecular weight excluding hydrogens is 367 g/mol. The first-order chi connectivity index (χ1) is 13.3. The molecule has 2 aliphatic rings. The Hall–Kier alpha value is -1.47. The fourth-order valence-electron chi connectivity index (χ4n) is 4.51. The van der Waals surface area contributed by atoms with E-state index in [1.165, 1.54) is 6.08 Å². The zero-order valence-corrected chi connectivity index (χ0v) is 16.5. The van der Waals surface area contributed by atoms with Gasteiger partial charge in [-0.25, -0.2) is 4.39 Å². The lowest BCUT2D eigenvalue weighted by Gasteiger charge is -2.19. The number of hydrogen-bond acceptors (Lipinski definition) is 4. The van der Waals surface area contributed by atoms with Crippen LogP contribution in [0.4, 0.5) is 4.39 Å². The minimum atomic E-state index is -1.33. The van der Waals surface area contributed by atoms with Crippen LogP contribution in [-0.4, -0.2) is 51.7 Å². The molecule has 3 N–H and O–H groups in total. The van der Waals surface area contributed by atoms with E-state index in [0.717, 1.165) is 25.7 Å². The number of allylic oxidation sites excluding steroid dienone is 1. The van der Waals surface area contributed by atoms with Crippen molar-refractivity contribution in [3.05, 3.63) is 12.2 Å². The molecule has 0 radical (unpaired) electrons. The van der Waals surface area contributed by atoms with Crippen LogP contribution in [0.3, 0.4) is 0 Å². The van der Waals surface area contributed by atoms with E-state index >= 15 is 0 Å². The fraction of sp³-hybridized carbons (Fsp3) is 0.810. The molecule has 7 heteroatoms.